The smallest absolute Gasteiger partial charge is 0.0979 e. The summed E-state index contributed by atoms with van der Waals surface area (Å²) in [4.78, 5) is 21.6. The minimum absolute atomic E-state index is 0.850. The molecule has 6 heteroatoms. The van der Waals surface area contributed by atoms with E-state index in [1.807, 2.05) is 24.3 Å². The molecule has 23 aromatic carbocycles. The SMILES string of the molecule is c1ccc(-c2cc(-c3ccccc3)cc(-c3nc4ccccc4nc3-c3cccc4cc(-n5c6ccc7ccccc7c6c6c7ccccc7c(-c7ccc8ccccc8c7)cc65)ccc34)c2)cc1.c1ccc(-c2cccc(-c3nc4ccccc4nc3-c3cccc4cc(-n5c6ccc7ccccc7c6c6c7ccccc7c(-c7cccc8ccccc78)cc65)ccc34)c2)cc1. The average molecular weight is 1680 g/mol. The Morgan fingerprint density at radius 3 is 0.992 bits per heavy atom. The standard InChI is InChI=1S/C66H41N3.C60H37N3/c1-3-16-42(17-4-1)49-37-50(43-18-5-2-6-19-43)39-51(38-49)65-66(68-60-29-14-13-28-59(60)67-65)57-27-15-23-47-40-52(33-34-53(47)57)69-61-35-32-45-21-9-10-24-54(45)63(61)64-56-26-12-11-25-55(56)58(41-62(64)69)48-31-30-44-20-7-8-22-46(44)36-48;1-2-15-38(16-3-1)41-20-12-22-43(35-41)59-60(62-54-30-11-10-29-53(54)61-59)51-28-14-21-42-36-44(32-33-46(42)51)63-55-34-31-40-18-5-7-24-47(40)57(55)58-50-26-9-8-25-49(50)52(37-56(58)63)48-27-13-19-39-17-4-6-23-45(39)48/h1-41H;1-37H. The minimum Gasteiger partial charge on any atom is -0.309 e. The van der Waals surface area contributed by atoms with Gasteiger partial charge in [-0.05, 0) is 245 Å². The lowest BCUT2D eigenvalue weighted by atomic mass is 9.91. The van der Waals surface area contributed by atoms with Crippen LogP contribution in [0.2, 0.25) is 0 Å². The van der Waals surface area contributed by atoms with Gasteiger partial charge < -0.3 is 9.13 Å². The normalized spacial score (nSPS) is 11.8. The summed E-state index contributed by atoms with van der Waals surface area (Å²) in [6.45, 7) is 0. The Hall–Kier alpha value is -17.6. The second kappa shape index (κ2) is 31.2. The molecule has 27 rings (SSSR count). The molecular weight excluding hydrogens is 1600 g/mol. The Morgan fingerprint density at radius 1 is 0.136 bits per heavy atom. The maximum Gasteiger partial charge on any atom is 0.0979 e. The van der Waals surface area contributed by atoms with Crippen LogP contribution in [0.3, 0.4) is 0 Å². The summed E-state index contributed by atoms with van der Waals surface area (Å²) in [6.07, 6.45) is 0. The summed E-state index contributed by atoms with van der Waals surface area (Å²) in [6, 6.07) is 171. The van der Waals surface area contributed by atoms with E-state index in [-0.39, 0.29) is 0 Å². The Balaban J connectivity index is 0.000000139. The summed E-state index contributed by atoms with van der Waals surface area (Å²) in [5.41, 5.74) is 29.7. The fourth-order valence-electron chi connectivity index (χ4n) is 21.0. The zero-order valence-corrected chi connectivity index (χ0v) is 71.7. The highest BCUT2D eigenvalue weighted by molar-refractivity contribution is 6.32. The zero-order valence-electron chi connectivity index (χ0n) is 71.7. The predicted molar refractivity (Wildman–Crippen MR) is 557 cm³/mol. The molecule has 0 fully saturated rings. The van der Waals surface area contributed by atoms with Crippen LogP contribution in [0.4, 0.5) is 0 Å². The van der Waals surface area contributed by atoms with Crippen LogP contribution in [-0.4, -0.2) is 29.1 Å². The predicted octanol–water partition coefficient (Wildman–Crippen LogP) is 33.7. The number of benzene rings is 23. The molecule has 0 radical (unpaired) electrons. The van der Waals surface area contributed by atoms with Gasteiger partial charge in [-0.2, -0.15) is 0 Å². The molecule has 0 amide bonds. The maximum absolute atomic E-state index is 5.48. The number of aromatic nitrogens is 6. The molecule has 0 aliphatic carbocycles. The quantitative estimate of drug-likeness (QED) is 0.129. The first-order valence-corrected chi connectivity index (χ1v) is 45.2. The van der Waals surface area contributed by atoms with Crippen LogP contribution in [0.15, 0.2) is 473 Å². The van der Waals surface area contributed by atoms with Crippen molar-refractivity contribution in [1.29, 1.82) is 0 Å². The molecule has 4 aromatic heterocycles. The summed E-state index contributed by atoms with van der Waals surface area (Å²) >= 11 is 0. The number of hydrogen-bond acceptors (Lipinski definition) is 4. The van der Waals surface area contributed by atoms with E-state index < -0.39 is 0 Å². The third-order valence-corrected chi connectivity index (χ3v) is 27.0. The highest BCUT2D eigenvalue weighted by Gasteiger charge is 2.27. The monoisotopic (exact) mass is 1670 g/mol. The van der Waals surface area contributed by atoms with E-state index in [0.29, 0.717) is 0 Å². The van der Waals surface area contributed by atoms with Crippen molar-refractivity contribution in [3.05, 3.63) is 473 Å². The van der Waals surface area contributed by atoms with Gasteiger partial charge in [-0.25, -0.2) is 19.9 Å². The van der Waals surface area contributed by atoms with E-state index in [1.54, 1.807) is 0 Å². The number of para-hydroxylation sites is 4. The molecule has 0 aliphatic rings. The second-order valence-corrected chi connectivity index (χ2v) is 34.6. The van der Waals surface area contributed by atoms with Crippen LogP contribution >= 0.6 is 0 Å². The molecule has 0 saturated heterocycles. The van der Waals surface area contributed by atoms with E-state index in [4.69, 9.17) is 19.9 Å². The molecule has 0 unspecified atom stereocenters. The Labute approximate surface area is 760 Å². The molecular formula is C126H78N6. The molecule has 0 N–H and O–H groups in total. The van der Waals surface area contributed by atoms with Gasteiger partial charge in [0.15, 0.2) is 0 Å². The Kier molecular flexibility index (Phi) is 17.9. The molecule has 0 saturated carbocycles. The van der Waals surface area contributed by atoms with Crippen molar-refractivity contribution in [2.75, 3.05) is 0 Å². The van der Waals surface area contributed by atoms with Crippen LogP contribution < -0.4 is 0 Å². The summed E-state index contributed by atoms with van der Waals surface area (Å²) in [5.74, 6) is 0. The topological polar surface area (TPSA) is 61.4 Å². The van der Waals surface area contributed by atoms with Crippen LogP contribution in [0, 0.1) is 0 Å². The number of nitrogens with zero attached hydrogens (tertiary/aromatic N) is 6. The first-order valence-electron chi connectivity index (χ1n) is 45.2. The average Bonchev–Trinajstić information content (AvgIpc) is 1.55. The third-order valence-electron chi connectivity index (χ3n) is 27.0. The van der Waals surface area contributed by atoms with Gasteiger partial charge in [0.25, 0.3) is 0 Å². The van der Waals surface area contributed by atoms with Crippen LogP contribution in [0.25, 0.3) is 264 Å². The van der Waals surface area contributed by atoms with Crippen molar-refractivity contribution < 1.29 is 0 Å². The lowest BCUT2D eigenvalue weighted by Gasteiger charge is -2.16. The molecule has 132 heavy (non-hydrogen) atoms. The molecule has 612 valence electrons. The van der Waals surface area contributed by atoms with Crippen molar-refractivity contribution in [1.82, 2.24) is 29.1 Å². The van der Waals surface area contributed by atoms with Crippen molar-refractivity contribution in [2.24, 2.45) is 0 Å². The molecule has 0 spiro atoms. The summed E-state index contributed by atoms with van der Waals surface area (Å²) in [7, 11) is 0. The summed E-state index contributed by atoms with van der Waals surface area (Å²) < 4.78 is 4.97. The highest BCUT2D eigenvalue weighted by Crippen LogP contribution is 2.50. The van der Waals surface area contributed by atoms with Gasteiger partial charge in [-0.15, -0.1) is 0 Å². The first-order chi connectivity index (χ1) is 65.4. The number of hydrogen-bond donors (Lipinski definition) is 0. The van der Waals surface area contributed by atoms with Gasteiger partial charge in [0, 0.05) is 55.2 Å². The van der Waals surface area contributed by atoms with Crippen molar-refractivity contribution in [2.45, 2.75) is 0 Å². The molecule has 0 aliphatic heterocycles. The minimum atomic E-state index is 0.850. The largest absolute Gasteiger partial charge is 0.309 e. The van der Waals surface area contributed by atoms with E-state index in [1.165, 1.54) is 136 Å². The number of fused-ring (bicyclic) bond motifs is 20. The van der Waals surface area contributed by atoms with Crippen molar-refractivity contribution in [3.8, 4) is 112 Å². The van der Waals surface area contributed by atoms with Crippen molar-refractivity contribution >= 4 is 152 Å². The summed E-state index contributed by atoms with van der Waals surface area (Å²) in [5, 5.41) is 24.5. The third kappa shape index (κ3) is 12.7. The Morgan fingerprint density at radius 2 is 0.470 bits per heavy atom. The van der Waals surface area contributed by atoms with E-state index in [9.17, 15) is 0 Å². The molecule has 6 nitrogen and oxygen atoms in total. The van der Waals surface area contributed by atoms with Gasteiger partial charge in [0.2, 0.25) is 0 Å². The van der Waals surface area contributed by atoms with E-state index in [2.05, 4.69) is 458 Å². The zero-order chi connectivity index (χ0) is 86.9. The molecule has 27 aromatic rings. The maximum atomic E-state index is 5.48. The van der Waals surface area contributed by atoms with E-state index >= 15 is 0 Å². The molecule has 0 bridgehead atoms. The molecule has 4 heterocycles. The lowest BCUT2D eigenvalue weighted by Crippen LogP contribution is -1.98. The van der Waals surface area contributed by atoms with Crippen molar-refractivity contribution in [3.63, 3.8) is 0 Å². The van der Waals surface area contributed by atoms with Crippen LogP contribution in [0.1, 0.15) is 0 Å². The van der Waals surface area contributed by atoms with Gasteiger partial charge in [0.05, 0.1) is 66.9 Å². The first kappa shape index (κ1) is 75.7. The van der Waals surface area contributed by atoms with Crippen LogP contribution in [-0.2, 0) is 0 Å². The van der Waals surface area contributed by atoms with Gasteiger partial charge in [-0.1, -0.05) is 370 Å². The van der Waals surface area contributed by atoms with Gasteiger partial charge in [0.1, 0.15) is 0 Å². The van der Waals surface area contributed by atoms with Gasteiger partial charge >= 0.3 is 0 Å². The number of rotatable bonds is 11. The fourth-order valence-corrected chi connectivity index (χ4v) is 21.0. The lowest BCUT2D eigenvalue weighted by molar-refractivity contribution is 1.19. The van der Waals surface area contributed by atoms with E-state index in [0.717, 1.165) is 128 Å². The fraction of sp³-hybridized carbons (Fsp3) is 0. The Bertz CT molecular complexity index is 9360. The second-order valence-electron chi connectivity index (χ2n) is 34.6. The highest BCUT2D eigenvalue weighted by atomic mass is 15.0. The van der Waals surface area contributed by atoms with Crippen LogP contribution in [0.5, 0.6) is 0 Å². The van der Waals surface area contributed by atoms with Gasteiger partial charge in [-0.3, -0.25) is 0 Å². The molecule has 0 atom stereocenters.